The van der Waals surface area contributed by atoms with Crippen LogP contribution in [0.3, 0.4) is 0 Å². The molecular formula is C32H31N3O3. The number of amides is 1. The molecule has 1 unspecified atom stereocenters. The highest BCUT2D eigenvalue weighted by Gasteiger charge is 2.34. The second-order valence-corrected chi connectivity index (χ2v) is 9.81. The Balaban J connectivity index is 1.17. The number of methoxy groups -OCH3 is 1. The van der Waals surface area contributed by atoms with Crippen LogP contribution in [0.4, 0.5) is 0 Å². The molecule has 5 aromatic rings. The first-order valence-electron chi connectivity index (χ1n) is 13.2. The first-order chi connectivity index (χ1) is 18.7. The Morgan fingerprint density at radius 2 is 1.71 bits per heavy atom. The van der Waals surface area contributed by atoms with Gasteiger partial charge in [0.05, 0.1) is 24.8 Å². The van der Waals surface area contributed by atoms with E-state index in [9.17, 15) is 4.79 Å². The van der Waals surface area contributed by atoms with Crippen molar-refractivity contribution in [1.82, 2.24) is 14.5 Å². The summed E-state index contributed by atoms with van der Waals surface area (Å²) < 4.78 is 13.8. The fraction of sp³-hybridized carbons (Fsp3) is 0.250. The smallest absolute Gasteiger partial charge is 0.223 e. The normalized spacial score (nSPS) is 15.4. The van der Waals surface area contributed by atoms with Gasteiger partial charge >= 0.3 is 0 Å². The third kappa shape index (κ3) is 4.82. The molecule has 0 saturated carbocycles. The van der Waals surface area contributed by atoms with E-state index in [1.165, 1.54) is 5.39 Å². The van der Waals surface area contributed by atoms with Crippen molar-refractivity contribution in [3.05, 3.63) is 102 Å². The van der Waals surface area contributed by atoms with Gasteiger partial charge in [0.1, 0.15) is 17.3 Å². The molecule has 0 radical (unpaired) electrons. The fourth-order valence-corrected chi connectivity index (χ4v) is 5.42. The van der Waals surface area contributed by atoms with Crippen molar-refractivity contribution in [2.75, 3.05) is 20.3 Å². The van der Waals surface area contributed by atoms with Crippen molar-refractivity contribution in [3.63, 3.8) is 0 Å². The SMILES string of the molecule is COc1ccc(CN2CC(c3nc4ccccc4n3CCCOc3cccc4ccccc34)CC2=O)cc1. The first-order valence-corrected chi connectivity index (χ1v) is 13.2. The summed E-state index contributed by atoms with van der Waals surface area (Å²) in [6.45, 7) is 2.65. The zero-order chi connectivity index (χ0) is 25.9. The number of para-hydroxylation sites is 2. The summed E-state index contributed by atoms with van der Waals surface area (Å²) >= 11 is 0. The van der Waals surface area contributed by atoms with Crippen molar-refractivity contribution in [1.29, 1.82) is 0 Å². The number of likely N-dealkylation sites (tertiary alicyclic amines) is 1. The summed E-state index contributed by atoms with van der Waals surface area (Å²) in [7, 11) is 1.66. The number of carbonyl (C=O) groups excluding carboxylic acids is 1. The zero-order valence-electron chi connectivity index (χ0n) is 21.5. The molecule has 4 aromatic carbocycles. The van der Waals surface area contributed by atoms with Crippen molar-refractivity contribution in [3.8, 4) is 11.5 Å². The molecule has 0 N–H and O–H groups in total. The van der Waals surface area contributed by atoms with Crippen LogP contribution in [0.15, 0.2) is 91.0 Å². The van der Waals surface area contributed by atoms with Crippen molar-refractivity contribution in [2.24, 2.45) is 0 Å². The predicted octanol–water partition coefficient (Wildman–Crippen LogP) is 6.18. The highest BCUT2D eigenvalue weighted by Crippen LogP contribution is 2.32. The van der Waals surface area contributed by atoms with Crippen LogP contribution < -0.4 is 9.47 Å². The van der Waals surface area contributed by atoms with Gasteiger partial charge in [-0.1, -0.05) is 60.7 Å². The van der Waals surface area contributed by atoms with Gasteiger partial charge in [0.25, 0.3) is 0 Å². The monoisotopic (exact) mass is 505 g/mol. The summed E-state index contributed by atoms with van der Waals surface area (Å²) in [6.07, 6.45) is 1.32. The molecule has 2 heterocycles. The average molecular weight is 506 g/mol. The molecule has 1 fully saturated rings. The molecule has 1 saturated heterocycles. The molecular weight excluding hydrogens is 474 g/mol. The number of nitrogens with zero attached hydrogens (tertiary/aromatic N) is 3. The largest absolute Gasteiger partial charge is 0.497 e. The number of rotatable bonds is 9. The average Bonchev–Trinajstić information content (AvgIpc) is 3.51. The van der Waals surface area contributed by atoms with E-state index in [0.717, 1.165) is 52.3 Å². The first kappa shape index (κ1) is 24.0. The molecule has 6 rings (SSSR count). The Morgan fingerprint density at radius 3 is 2.58 bits per heavy atom. The van der Waals surface area contributed by atoms with E-state index < -0.39 is 0 Å². The number of aryl methyl sites for hydroxylation is 1. The summed E-state index contributed by atoms with van der Waals surface area (Å²) in [5.41, 5.74) is 3.17. The van der Waals surface area contributed by atoms with Gasteiger partial charge in [-0.3, -0.25) is 4.79 Å². The highest BCUT2D eigenvalue weighted by atomic mass is 16.5. The van der Waals surface area contributed by atoms with Crippen LogP contribution in [-0.2, 0) is 17.9 Å². The minimum atomic E-state index is 0.0622. The van der Waals surface area contributed by atoms with Gasteiger partial charge in [-0.15, -0.1) is 0 Å². The molecule has 1 aromatic heterocycles. The maximum Gasteiger partial charge on any atom is 0.223 e. The Labute approximate surface area is 222 Å². The number of benzene rings is 4. The number of hydrogen-bond acceptors (Lipinski definition) is 4. The maximum atomic E-state index is 13.0. The predicted molar refractivity (Wildman–Crippen MR) is 150 cm³/mol. The van der Waals surface area contributed by atoms with Gasteiger partial charge in [-0.2, -0.15) is 0 Å². The zero-order valence-corrected chi connectivity index (χ0v) is 21.5. The lowest BCUT2D eigenvalue weighted by Gasteiger charge is -2.18. The minimum absolute atomic E-state index is 0.0622. The van der Waals surface area contributed by atoms with Gasteiger partial charge < -0.3 is 18.9 Å². The molecule has 1 aliphatic rings. The molecule has 6 heteroatoms. The lowest BCUT2D eigenvalue weighted by molar-refractivity contribution is -0.128. The quantitative estimate of drug-likeness (QED) is 0.224. The van der Waals surface area contributed by atoms with Crippen LogP contribution in [0.1, 0.15) is 30.1 Å². The van der Waals surface area contributed by atoms with Crippen molar-refractivity contribution < 1.29 is 14.3 Å². The van der Waals surface area contributed by atoms with Gasteiger partial charge in [-0.05, 0) is 47.7 Å². The lowest BCUT2D eigenvalue weighted by Crippen LogP contribution is -2.24. The number of aromatic nitrogens is 2. The van der Waals surface area contributed by atoms with Crippen molar-refractivity contribution >= 4 is 27.7 Å². The van der Waals surface area contributed by atoms with Crippen LogP contribution in [0.5, 0.6) is 11.5 Å². The van der Waals surface area contributed by atoms with Crippen LogP contribution >= 0.6 is 0 Å². The van der Waals surface area contributed by atoms with Crippen LogP contribution in [0.25, 0.3) is 21.8 Å². The Morgan fingerprint density at radius 1 is 0.921 bits per heavy atom. The van der Waals surface area contributed by atoms with E-state index in [-0.39, 0.29) is 11.8 Å². The van der Waals surface area contributed by atoms with E-state index in [0.29, 0.717) is 26.1 Å². The van der Waals surface area contributed by atoms with E-state index >= 15 is 0 Å². The highest BCUT2D eigenvalue weighted by molar-refractivity contribution is 5.88. The summed E-state index contributed by atoms with van der Waals surface area (Å²) in [4.78, 5) is 19.9. The fourth-order valence-electron chi connectivity index (χ4n) is 5.42. The van der Waals surface area contributed by atoms with Gasteiger partial charge in [0, 0.05) is 37.4 Å². The molecule has 38 heavy (non-hydrogen) atoms. The van der Waals surface area contributed by atoms with Gasteiger partial charge in [-0.25, -0.2) is 4.98 Å². The van der Waals surface area contributed by atoms with Gasteiger partial charge in [0.2, 0.25) is 5.91 Å². The van der Waals surface area contributed by atoms with E-state index in [1.807, 2.05) is 71.6 Å². The van der Waals surface area contributed by atoms with E-state index in [4.69, 9.17) is 14.5 Å². The van der Waals surface area contributed by atoms with E-state index in [1.54, 1.807) is 7.11 Å². The summed E-state index contributed by atoms with van der Waals surface area (Å²) in [6, 6.07) is 30.6. The molecule has 0 aliphatic carbocycles. The minimum Gasteiger partial charge on any atom is -0.497 e. The third-order valence-corrected chi connectivity index (χ3v) is 7.33. The van der Waals surface area contributed by atoms with Crippen LogP contribution in [0, 0.1) is 0 Å². The molecule has 0 bridgehead atoms. The lowest BCUT2D eigenvalue weighted by atomic mass is 10.1. The number of fused-ring (bicyclic) bond motifs is 2. The van der Waals surface area contributed by atoms with E-state index in [2.05, 4.69) is 28.8 Å². The Kier molecular flexibility index (Phi) is 6.69. The topological polar surface area (TPSA) is 56.6 Å². The molecule has 1 atom stereocenters. The Bertz CT molecular complexity index is 1570. The Hall–Kier alpha value is -4.32. The molecule has 192 valence electrons. The third-order valence-electron chi connectivity index (χ3n) is 7.33. The van der Waals surface area contributed by atoms with Gasteiger partial charge in [0.15, 0.2) is 0 Å². The molecule has 1 amide bonds. The van der Waals surface area contributed by atoms with Crippen molar-refractivity contribution in [2.45, 2.75) is 31.8 Å². The summed E-state index contributed by atoms with van der Waals surface area (Å²) in [5.74, 6) is 2.95. The standard InChI is InChI=1S/C32H31N3O3/c1-37-26-16-14-23(15-17-26)21-34-22-25(20-31(34)36)32-33-28-11-4-5-12-29(28)35(32)18-7-19-38-30-13-6-9-24-8-2-3-10-27(24)30/h2-6,8-17,25H,7,18-22H2,1H3. The van der Waals surface area contributed by atoms with Crippen LogP contribution in [0.2, 0.25) is 0 Å². The van der Waals surface area contributed by atoms with Crippen LogP contribution in [-0.4, -0.2) is 40.6 Å². The second-order valence-electron chi connectivity index (χ2n) is 9.81. The number of ether oxygens (including phenoxy) is 2. The maximum absolute atomic E-state index is 13.0. The molecule has 1 aliphatic heterocycles. The molecule has 0 spiro atoms. The number of carbonyl (C=O) groups is 1. The second kappa shape index (κ2) is 10.6. The summed E-state index contributed by atoms with van der Waals surface area (Å²) in [5, 5.41) is 2.31. The molecule has 6 nitrogen and oxygen atoms in total. The number of imidazole rings is 1. The number of hydrogen-bond donors (Lipinski definition) is 0.